The topological polar surface area (TPSA) is 48.3 Å². The molecule has 0 saturated heterocycles. The molecule has 0 bridgehead atoms. The quantitative estimate of drug-likeness (QED) is 0.814. The zero-order valence-corrected chi connectivity index (χ0v) is 12.0. The number of nitrogens with zero attached hydrogens (tertiary/aromatic N) is 1. The minimum absolute atomic E-state index is 0.0137. The van der Waals surface area contributed by atoms with Crippen LogP contribution in [0.4, 0.5) is 0 Å². The van der Waals surface area contributed by atoms with E-state index in [1.54, 1.807) is 13.2 Å². The van der Waals surface area contributed by atoms with Crippen molar-refractivity contribution in [3.8, 4) is 17.0 Å². The van der Waals surface area contributed by atoms with E-state index in [1.165, 1.54) is 10.6 Å². The van der Waals surface area contributed by atoms with Gasteiger partial charge in [-0.1, -0.05) is 12.1 Å². The molecule has 0 unspecified atom stereocenters. The first kappa shape index (κ1) is 14.3. The number of rotatable bonds is 4. The molecule has 0 atom stereocenters. The van der Waals surface area contributed by atoms with Crippen molar-refractivity contribution in [2.45, 2.75) is 13.5 Å². The van der Waals surface area contributed by atoms with Crippen LogP contribution in [0, 0.1) is 0 Å². The minimum atomic E-state index is -0.741. The number of hydrogen-bond donors (Lipinski definition) is 0. The molecule has 4 nitrogen and oxygen atoms in total. The fourth-order valence-corrected chi connectivity index (χ4v) is 2.22. The molecule has 0 spiro atoms. The second kappa shape index (κ2) is 5.92. The lowest BCUT2D eigenvalue weighted by molar-refractivity contribution is 0.107. The molecule has 0 aliphatic carbocycles. The van der Waals surface area contributed by atoms with Gasteiger partial charge in [-0.25, -0.2) is 0 Å². The third kappa shape index (κ3) is 2.60. The third-order valence-corrected chi connectivity index (χ3v) is 3.27. The normalized spacial score (nSPS) is 10.3. The van der Waals surface area contributed by atoms with Crippen LogP contribution in [0.2, 0.25) is 0 Å². The standard InChI is InChI=1S/C15H14ClNO3/c1-3-17-13(8-7-12(14(16)18)15(17)19)10-5-4-6-11(9-10)20-2/h4-9H,3H2,1-2H3. The summed E-state index contributed by atoms with van der Waals surface area (Å²) in [5.41, 5.74) is 1.17. The van der Waals surface area contributed by atoms with Crippen LogP contribution in [-0.4, -0.2) is 16.9 Å². The lowest BCUT2D eigenvalue weighted by Gasteiger charge is -2.12. The van der Waals surface area contributed by atoms with Gasteiger partial charge in [0.1, 0.15) is 5.75 Å². The van der Waals surface area contributed by atoms with Crippen LogP contribution in [0.1, 0.15) is 17.3 Å². The van der Waals surface area contributed by atoms with E-state index < -0.39 is 5.24 Å². The van der Waals surface area contributed by atoms with Gasteiger partial charge in [0.2, 0.25) is 0 Å². The molecule has 2 aromatic rings. The molecule has 0 aliphatic heterocycles. The molecule has 1 heterocycles. The fourth-order valence-electron chi connectivity index (χ4n) is 2.08. The van der Waals surface area contributed by atoms with Crippen molar-refractivity contribution < 1.29 is 9.53 Å². The van der Waals surface area contributed by atoms with Crippen LogP contribution in [0.25, 0.3) is 11.3 Å². The number of aromatic nitrogens is 1. The first-order valence-corrected chi connectivity index (χ1v) is 6.54. The van der Waals surface area contributed by atoms with Gasteiger partial charge < -0.3 is 9.30 Å². The Balaban J connectivity index is 2.65. The molecule has 0 N–H and O–H groups in total. The summed E-state index contributed by atoms with van der Waals surface area (Å²) in [5.74, 6) is 0.704. The summed E-state index contributed by atoms with van der Waals surface area (Å²) in [7, 11) is 1.58. The molecule has 20 heavy (non-hydrogen) atoms. The van der Waals surface area contributed by atoms with E-state index in [9.17, 15) is 9.59 Å². The summed E-state index contributed by atoms with van der Waals surface area (Å²) in [6.45, 7) is 2.29. The van der Waals surface area contributed by atoms with Gasteiger partial charge in [0.25, 0.3) is 10.8 Å². The van der Waals surface area contributed by atoms with E-state index >= 15 is 0 Å². The molecule has 0 aliphatic rings. The minimum Gasteiger partial charge on any atom is -0.497 e. The highest BCUT2D eigenvalue weighted by Crippen LogP contribution is 2.23. The van der Waals surface area contributed by atoms with E-state index in [-0.39, 0.29) is 11.1 Å². The number of carbonyl (C=O) groups excluding carboxylic acids is 1. The van der Waals surface area contributed by atoms with Crippen LogP contribution in [0.5, 0.6) is 5.75 Å². The van der Waals surface area contributed by atoms with Gasteiger partial charge in [-0.05, 0) is 42.8 Å². The summed E-state index contributed by atoms with van der Waals surface area (Å²) in [6, 6.07) is 10.6. The van der Waals surface area contributed by atoms with Gasteiger partial charge in [-0.3, -0.25) is 9.59 Å². The molecular formula is C15H14ClNO3. The first-order valence-electron chi connectivity index (χ1n) is 6.16. The molecule has 2 rings (SSSR count). The molecule has 0 fully saturated rings. The number of pyridine rings is 1. The molecule has 0 saturated carbocycles. The molecule has 0 radical (unpaired) electrons. The van der Waals surface area contributed by atoms with Crippen molar-refractivity contribution in [1.82, 2.24) is 4.57 Å². The highest BCUT2D eigenvalue weighted by atomic mass is 35.5. The van der Waals surface area contributed by atoms with E-state index in [4.69, 9.17) is 16.3 Å². The van der Waals surface area contributed by atoms with E-state index in [2.05, 4.69) is 0 Å². The number of halogens is 1. The Morgan fingerprint density at radius 3 is 2.65 bits per heavy atom. The Hall–Kier alpha value is -2.07. The Morgan fingerprint density at radius 1 is 1.30 bits per heavy atom. The van der Waals surface area contributed by atoms with Gasteiger partial charge in [-0.2, -0.15) is 0 Å². The van der Waals surface area contributed by atoms with Gasteiger partial charge in [0.05, 0.1) is 18.4 Å². The maximum absolute atomic E-state index is 12.2. The SMILES string of the molecule is CCn1c(-c2cccc(OC)c2)ccc(C(=O)Cl)c1=O. The van der Waals surface area contributed by atoms with Crippen molar-refractivity contribution in [2.75, 3.05) is 7.11 Å². The van der Waals surface area contributed by atoms with Crippen LogP contribution < -0.4 is 10.3 Å². The zero-order chi connectivity index (χ0) is 14.7. The van der Waals surface area contributed by atoms with Crippen molar-refractivity contribution in [3.63, 3.8) is 0 Å². The van der Waals surface area contributed by atoms with Crippen LogP contribution in [0.3, 0.4) is 0 Å². The number of benzene rings is 1. The van der Waals surface area contributed by atoms with Gasteiger partial charge in [0.15, 0.2) is 0 Å². The Labute approximate surface area is 121 Å². The molecule has 5 heteroatoms. The average molecular weight is 292 g/mol. The Kier molecular flexibility index (Phi) is 4.25. The Morgan fingerprint density at radius 2 is 2.05 bits per heavy atom. The lowest BCUT2D eigenvalue weighted by atomic mass is 10.1. The highest BCUT2D eigenvalue weighted by molar-refractivity contribution is 6.67. The Bertz CT molecular complexity index is 707. The summed E-state index contributed by atoms with van der Waals surface area (Å²) < 4.78 is 6.70. The zero-order valence-electron chi connectivity index (χ0n) is 11.2. The third-order valence-electron chi connectivity index (χ3n) is 3.07. The molecule has 104 valence electrons. The largest absolute Gasteiger partial charge is 0.497 e. The number of methoxy groups -OCH3 is 1. The van der Waals surface area contributed by atoms with Crippen molar-refractivity contribution in [1.29, 1.82) is 0 Å². The highest BCUT2D eigenvalue weighted by Gasteiger charge is 2.13. The summed E-state index contributed by atoms with van der Waals surface area (Å²) >= 11 is 5.41. The predicted molar refractivity (Wildman–Crippen MR) is 78.5 cm³/mol. The number of hydrogen-bond acceptors (Lipinski definition) is 3. The lowest BCUT2D eigenvalue weighted by Crippen LogP contribution is -2.25. The smallest absolute Gasteiger partial charge is 0.263 e. The van der Waals surface area contributed by atoms with Crippen LogP contribution in [-0.2, 0) is 6.54 Å². The van der Waals surface area contributed by atoms with E-state index in [0.717, 1.165) is 11.3 Å². The van der Waals surface area contributed by atoms with E-state index in [1.807, 2.05) is 31.2 Å². The molecule has 0 amide bonds. The van der Waals surface area contributed by atoms with Crippen molar-refractivity contribution in [3.05, 3.63) is 52.3 Å². The summed E-state index contributed by atoms with van der Waals surface area (Å²) in [4.78, 5) is 23.4. The van der Waals surface area contributed by atoms with Crippen molar-refractivity contribution >= 4 is 16.8 Å². The van der Waals surface area contributed by atoms with Gasteiger partial charge in [0, 0.05) is 12.1 Å². The second-order valence-electron chi connectivity index (χ2n) is 4.19. The van der Waals surface area contributed by atoms with E-state index in [0.29, 0.717) is 12.3 Å². The molecular weight excluding hydrogens is 278 g/mol. The average Bonchev–Trinajstić information content (AvgIpc) is 2.46. The first-order chi connectivity index (χ1) is 9.58. The maximum Gasteiger partial charge on any atom is 0.263 e. The summed E-state index contributed by atoms with van der Waals surface area (Å²) in [5, 5.41) is -0.741. The van der Waals surface area contributed by atoms with Crippen LogP contribution in [0.15, 0.2) is 41.2 Å². The van der Waals surface area contributed by atoms with Crippen molar-refractivity contribution in [2.24, 2.45) is 0 Å². The van der Waals surface area contributed by atoms with Crippen LogP contribution >= 0.6 is 11.6 Å². The monoisotopic (exact) mass is 291 g/mol. The molecule has 1 aromatic carbocycles. The predicted octanol–water partition coefficient (Wildman–Crippen LogP) is 2.92. The maximum atomic E-state index is 12.2. The van der Waals surface area contributed by atoms with Gasteiger partial charge >= 0.3 is 0 Å². The number of carbonyl (C=O) groups is 1. The second-order valence-corrected chi connectivity index (χ2v) is 4.53. The van der Waals surface area contributed by atoms with Gasteiger partial charge in [-0.15, -0.1) is 0 Å². The fraction of sp³-hybridized carbons (Fsp3) is 0.200. The number of ether oxygens (including phenoxy) is 1. The summed E-state index contributed by atoms with van der Waals surface area (Å²) in [6.07, 6.45) is 0. The molecule has 1 aromatic heterocycles.